The van der Waals surface area contributed by atoms with Crippen molar-refractivity contribution in [1.82, 2.24) is 4.98 Å². The maximum Gasteiger partial charge on any atom is 0.293 e. The second-order valence-electron chi connectivity index (χ2n) is 3.56. The first-order valence-electron chi connectivity index (χ1n) is 5.19. The van der Waals surface area contributed by atoms with Crippen molar-refractivity contribution < 1.29 is 9.72 Å². The largest absolute Gasteiger partial charge is 0.318 e. The van der Waals surface area contributed by atoms with E-state index < -0.39 is 10.8 Å². The molecule has 0 unspecified atom stereocenters. The van der Waals surface area contributed by atoms with Crippen molar-refractivity contribution in [2.75, 3.05) is 10.7 Å². The average Bonchev–Trinajstić information content (AvgIpc) is 2.83. The zero-order chi connectivity index (χ0) is 14.7. The number of nitrogens with one attached hydrogen (secondary N) is 2. The third-order valence-electron chi connectivity index (χ3n) is 2.31. The van der Waals surface area contributed by atoms with E-state index in [0.29, 0.717) is 5.13 Å². The number of amides is 1. The van der Waals surface area contributed by atoms with Gasteiger partial charge in [-0.1, -0.05) is 11.3 Å². The van der Waals surface area contributed by atoms with Gasteiger partial charge in [0.2, 0.25) is 0 Å². The molecule has 0 aliphatic rings. The number of halogens is 1. The summed E-state index contributed by atoms with van der Waals surface area (Å²) < 4.78 is 0.779. The fourth-order valence-electron chi connectivity index (χ4n) is 1.43. The van der Waals surface area contributed by atoms with Crippen LogP contribution in [-0.4, -0.2) is 15.8 Å². The first-order valence-corrected chi connectivity index (χ1v) is 6.80. The molecule has 1 aromatic heterocycles. The summed E-state index contributed by atoms with van der Waals surface area (Å²) in [7, 11) is 0. The molecular formula is C10H8BrN5O3S. The number of thiazole rings is 1. The lowest BCUT2D eigenvalue weighted by atomic mass is 10.1. The van der Waals surface area contributed by atoms with Gasteiger partial charge in [-0.2, -0.15) is 0 Å². The first kappa shape index (κ1) is 14.4. The second-order valence-corrected chi connectivity index (χ2v) is 5.97. The van der Waals surface area contributed by atoms with Crippen LogP contribution in [-0.2, 0) is 0 Å². The molecule has 0 aliphatic carbocycles. The molecule has 0 radical (unpaired) electrons. The van der Waals surface area contributed by atoms with Crippen molar-refractivity contribution in [3.63, 3.8) is 0 Å². The van der Waals surface area contributed by atoms with Crippen molar-refractivity contribution in [2.24, 2.45) is 5.84 Å². The monoisotopic (exact) mass is 357 g/mol. The second kappa shape index (κ2) is 5.94. The molecule has 2 aromatic rings. The van der Waals surface area contributed by atoms with Gasteiger partial charge in [0.15, 0.2) is 5.13 Å². The van der Waals surface area contributed by atoms with Gasteiger partial charge in [0.05, 0.1) is 14.9 Å². The number of hydrazine groups is 1. The van der Waals surface area contributed by atoms with E-state index in [1.165, 1.54) is 29.5 Å². The fourth-order valence-corrected chi connectivity index (χ4v) is 2.54. The maximum absolute atomic E-state index is 12.0. The SMILES string of the molecule is NNc1cc(C(=O)Nc2ncc(Br)s2)ccc1[N+](=O)[O-]. The predicted molar refractivity (Wildman–Crippen MR) is 78.7 cm³/mol. The van der Waals surface area contributed by atoms with Crippen LogP contribution in [0, 0.1) is 10.1 Å². The third-order valence-corrected chi connectivity index (χ3v) is 3.70. The molecule has 0 aliphatic heterocycles. The number of hydrogen-bond donors (Lipinski definition) is 3. The average molecular weight is 358 g/mol. The maximum atomic E-state index is 12.0. The molecule has 1 heterocycles. The zero-order valence-electron chi connectivity index (χ0n) is 9.79. The molecule has 0 saturated carbocycles. The van der Waals surface area contributed by atoms with Gasteiger partial charge in [0.1, 0.15) is 5.69 Å². The Morgan fingerprint density at radius 3 is 2.80 bits per heavy atom. The van der Waals surface area contributed by atoms with Gasteiger partial charge >= 0.3 is 0 Å². The Morgan fingerprint density at radius 1 is 1.50 bits per heavy atom. The van der Waals surface area contributed by atoms with Crippen LogP contribution in [0.3, 0.4) is 0 Å². The van der Waals surface area contributed by atoms with E-state index in [4.69, 9.17) is 5.84 Å². The van der Waals surface area contributed by atoms with Crippen LogP contribution in [0.1, 0.15) is 10.4 Å². The van der Waals surface area contributed by atoms with Crippen LogP contribution in [0.2, 0.25) is 0 Å². The highest BCUT2D eigenvalue weighted by molar-refractivity contribution is 9.11. The molecule has 0 spiro atoms. The van der Waals surface area contributed by atoms with Gasteiger partial charge < -0.3 is 5.43 Å². The van der Waals surface area contributed by atoms with Crippen molar-refractivity contribution in [3.05, 3.63) is 43.9 Å². The van der Waals surface area contributed by atoms with E-state index >= 15 is 0 Å². The predicted octanol–water partition coefficient (Wildman–Crippen LogP) is 2.35. The number of nitro benzene ring substituents is 1. The molecule has 0 atom stereocenters. The van der Waals surface area contributed by atoms with E-state index in [9.17, 15) is 14.9 Å². The Morgan fingerprint density at radius 2 is 2.25 bits per heavy atom. The van der Waals surface area contributed by atoms with Crippen LogP contribution >= 0.6 is 27.3 Å². The molecule has 10 heteroatoms. The molecule has 2 rings (SSSR count). The quantitative estimate of drug-likeness (QED) is 0.438. The molecular weight excluding hydrogens is 350 g/mol. The molecule has 0 fully saturated rings. The molecule has 8 nitrogen and oxygen atoms in total. The molecule has 4 N–H and O–H groups in total. The summed E-state index contributed by atoms with van der Waals surface area (Å²) in [5, 5.41) is 13.7. The highest BCUT2D eigenvalue weighted by Crippen LogP contribution is 2.26. The number of benzene rings is 1. The standard InChI is InChI=1S/C10H8BrN5O3S/c11-8-4-13-10(20-8)14-9(17)5-1-2-7(16(18)19)6(3-5)15-12/h1-4,15H,12H2,(H,13,14,17). The lowest BCUT2D eigenvalue weighted by molar-refractivity contribution is -0.384. The molecule has 0 saturated heterocycles. The molecule has 0 bridgehead atoms. The number of rotatable bonds is 4. The van der Waals surface area contributed by atoms with E-state index in [-0.39, 0.29) is 16.9 Å². The van der Waals surface area contributed by atoms with Gasteiger partial charge in [0.25, 0.3) is 11.6 Å². The van der Waals surface area contributed by atoms with Gasteiger partial charge in [-0.3, -0.25) is 26.1 Å². The highest BCUT2D eigenvalue weighted by atomic mass is 79.9. The zero-order valence-corrected chi connectivity index (χ0v) is 12.2. The van der Waals surface area contributed by atoms with Crippen molar-refractivity contribution >= 4 is 49.7 Å². The summed E-state index contributed by atoms with van der Waals surface area (Å²) in [5.41, 5.74) is 2.28. The summed E-state index contributed by atoms with van der Waals surface area (Å²) in [6.45, 7) is 0. The number of carbonyl (C=O) groups is 1. The van der Waals surface area contributed by atoms with Gasteiger partial charge in [0, 0.05) is 11.6 Å². The Bertz CT molecular complexity index is 675. The van der Waals surface area contributed by atoms with Crippen molar-refractivity contribution in [3.8, 4) is 0 Å². The van der Waals surface area contributed by atoms with E-state index in [1.807, 2.05) is 0 Å². The molecule has 1 aromatic carbocycles. The number of anilines is 2. The summed E-state index contributed by atoms with van der Waals surface area (Å²) in [5.74, 6) is 4.78. The van der Waals surface area contributed by atoms with Crippen LogP contribution in [0.4, 0.5) is 16.5 Å². The summed E-state index contributed by atoms with van der Waals surface area (Å²) in [4.78, 5) is 26.1. The van der Waals surface area contributed by atoms with Crippen LogP contribution in [0.25, 0.3) is 0 Å². The Balaban J connectivity index is 2.24. The number of carbonyl (C=O) groups excluding carboxylic acids is 1. The lowest BCUT2D eigenvalue weighted by Gasteiger charge is -2.05. The Hall–Kier alpha value is -2.04. The topological polar surface area (TPSA) is 123 Å². The third kappa shape index (κ3) is 3.10. The number of hydrogen-bond acceptors (Lipinski definition) is 7. The normalized spacial score (nSPS) is 10.1. The van der Waals surface area contributed by atoms with Gasteiger partial charge in [-0.15, -0.1) is 0 Å². The Labute approximate surface area is 125 Å². The van der Waals surface area contributed by atoms with Crippen molar-refractivity contribution in [2.45, 2.75) is 0 Å². The molecule has 20 heavy (non-hydrogen) atoms. The van der Waals surface area contributed by atoms with Crippen LogP contribution in [0.15, 0.2) is 28.2 Å². The number of nitrogen functional groups attached to an aromatic ring is 1. The van der Waals surface area contributed by atoms with Gasteiger partial charge in [-0.05, 0) is 28.1 Å². The van der Waals surface area contributed by atoms with Crippen LogP contribution < -0.4 is 16.6 Å². The lowest BCUT2D eigenvalue weighted by Crippen LogP contribution is -2.14. The van der Waals surface area contributed by atoms with E-state index in [2.05, 4.69) is 31.7 Å². The number of nitro groups is 1. The minimum absolute atomic E-state index is 0.0583. The van der Waals surface area contributed by atoms with E-state index in [0.717, 1.165) is 3.79 Å². The van der Waals surface area contributed by atoms with Gasteiger partial charge in [-0.25, -0.2) is 4.98 Å². The van der Waals surface area contributed by atoms with E-state index in [1.54, 1.807) is 6.20 Å². The molecule has 104 valence electrons. The summed E-state index contributed by atoms with van der Waals surface area (Å²) in [6, 6.07) is 3.86. The number of nitrogens with two attached hydrogens (primary N) is 1. The fraction of sp³-hybridized carbons (Fsp3) is 0. The number of aromatic nitrogens is 1. The molecule has 1 amide bonds. The number of nitrogens with zero attached hydrogens (tertiary/aromatic N) is 2. The minimum Gasteiger partial charge on any atom is -0.318 e. The minimum atomic E-state index is -0.588. The summed E-state index contributed by atoms with van der Waals surface area (Å²) in [6.07, 6.45) is 1.56. The first-order chi connectivity index (χ1) is 9.51. The highest BCUT2D eigenvalue weighted by Gasteiger charge is 2.16. The Kier molecular flexibility index (Phi) is 4.27. The van der Waals surface area contributed by atoms with Crippen LogP contribution in [0.5, 0.6) is 0 Å². The smallest absolute Gasteiger partial charge is 0.293 e. The summed E-state index contributed by atoms with van der Waals surface area (Å²) >= 11 is 4.48. The van der Waals surface area contributed by atoms with Crippen molar-refractivity contribution in [1.29, 1.82) is 0 Å².